The van der Waals surface area contributed by atoms with Crippen molar-refractivity contribution in [3.63, 3.8) is 0 Å². The Hall–Kier alpha value is -1.75. The van der Waals surface area contributed by atoms with Crippen LogP contribution in [0.2, 0.25) is 10.0 Å². The Labute approximate surface area is 139 Å². The largest absolute Gasteiger partial charge is 0.391 e. The Bertz CT molecular complexity index is 675. The van der Waals surface area contributed by atoms with E-state index in [-0.39, 0.29) is 13.2 Å². The molecule has 22 heavy (non-hydrogen) atoms. The summed E-state index contributed by atoms with van der Waals surface area (Å²) in [6.45, 7) is 2.03. The third-order valence-electron chi connectivity index (χ3n) is 3.01. The maximum absolute atomic E-state index is 8.63. The molecule has 116 valence electrons. The second kappa shape index (κ2) is 8.03. The number of halogens is 2. The number of aliphatic hydroxyl groups is 1. The topological polar surface area (TPSA) is 53.8 Å². The summed E-state index contributed by atoms with van der Waals surface area (Å²) >= 11 is 12.5. The second-order valence-corrected chi connectivity index (χ2v) is 5.36. The first kappa shape index (κ1) is 16.6. The Kier molecular flexibility index (Phi) is 6.07. The molecular formula is C16H16Cl2N2O2. The molecule has 0 bridgehead atoms. The molecule has 0 unspecified atom stereocenters. The van der Waals surface area contributed by atoms with Crippen LogP contribution in [-0.4, -0.2) is 17.9 Å². The Balaban J connectivity index is 2.23. The fraction of sp³-hybridized carbons (Fsp3) is 0.188. The highest BCUT2D eigenvalue weighted by Crippen LogP contribution is 2.35. The number of hydrogen-bond donors (Lipinski definition) is 2. The van der Waals surface area contributed by atoms with E-state index in [0.717, 1.165) is 16.8 Å². The van der Waals surface area contributed by atoms with Crippen LogP contribution in [0.5, 0.6) is 0 Å². The van der Waals surface area contributed by atoms with Crippen molar-refractivity contribution in [1.82, 2.24) is 0 Å². The smallest absolute Gasteiger partial charge is 0.144 e. The highest BCUT2D eigenvalue weighted by Gasteiger charge is 2.10. The lowest BCUT2D eigenvalue weighted by Gasteiger charge is -2.15. The van der Waals surface area contributed by atoms with E-state index < -0.39 is 0 Å². The zero-order valence-corrected chi connectivity index (χ0v) is 13.5. The van der Waals surface area contributed by atoms with E-state index in [1.807, 2.05) is 37.3 Å². The summed E-state index contributed by atoms with van der Waals surface area (Å²) in [4.78, 5) is 5.13. The molecule has 0 aliphatic carbocycles. The summed E-state index contributed by atoms with van der Waals surface area (Å²) in [5.41, 5.74) is 3.33. The van der Waals surface area contributed by atoms with E-state index in [0.29, 0.717) is 15.7 Å². The molecule has 2 N–H and O–H groups in total. The molecule has 0 radical (unpaired) electrons. The molecule has 2 aromatic rings. The van der Waals surface area contributed by atoms with Gasteiger partial charge in [-0.2, -0.15) is 0 Å². The van der Waals surface area contributed by atoms with Gasteiger partial charge in [-0.3, -0.25) is 0 Å². The number of oxime groups is 1. The van der Waals surface area contributed by atoms with Gasteiger partial charge in [-0.15, -0.1) is 0 Å². The van der Waals surface area contributed by atoms with E-state index in [1.54, 1.807) is 6.07 Å². The lowest BCUT2D eigenvalue weighted by atomic mass is 10.1. The summed E-state index contributed by atoms with van der Waals surface area (Å²) < 4.78 is 0. The van der Waals surface area contributed by atoms with Gasteiger partial charge >= 0.3 is 0 Å². The molecule has 4 nitrogen and oxygen atoms in total. The van der Waals surface area contributed by atoms with E-state index in [4.69, 9.17) is 33.1 Å². The van der Waals surface area contributed by atoms with Crippen LogP contribution in [0.25, 0.3) is 0 Å². The summed E-state index contributed by atoms with van der Waals surface area (Å²) in [6.07, 6.45) is 1.28. The van der Waals surface area contributed by atoms with Crippen molar-refractivity contribution in [2.24, 2.45) is 5.16 Å². The summed E-state index contributed by atoms with van der Waals surface area (Å²) in [6, 6.07) is 11.3. The number of hydrogen-bond acceptors (Lipinski definition) is 4. The molecule has 0 aliphatic rings. The number of aliphatic hydroxyl groups excluding tert-OH is 1. The lowest BCUT2D eigenvalue weighted by Crippen LogP contribution is -1.99. The van der Waals surface area contributed by atoms with E-state index in [2.05, 4.69) is 10.5 Å². The van der Waals surface area contributed by atoms with Gasteiger partial charge in [0.25, 0.3) is 0 Å². The number of benzene rings is 2. The predicted octanol–water partition coefficient (Wildman–Crippen LogP) is 4.54. The third kappa shape index (κ3) is 4.13. The quantitative estimate of drug-likeness (QED) is 0.600. The number of nitrogens with zero attached hydrogens (tertiary/aromatic N) is 1. The minimum Gasteiger partial charge on any atom is -0.391 e. The van der Waals surface area contributed by atoms with Gasteiger partial charge in [0.2, 0.25) is 0 Å². The number of aryl methyl sites for hydroxylation is 1. The van der Waals surface area contributed by atoms with Crippen molar-refractivity contribution in [2.45, 2.75) is 13.5 Å². The van der Waals surface area contributed by atoms with E-state index in [1.165, 1.54) is 6.21 Å². The van der Waals surface area contributed by atoms with Gasteiger partial charge < -0.3 is 15.3 Å². The monoisotopic (exact) mass is 338 g/mol. The van der Waals surface area contributed by atoms with Gasteiger partial charge in [0.05, 0.1) is 28.6 Å². The Morgan fingerprint density at radius 2 is 2.00 bits per heavy atom. The van der Waals surface area contributed by atoms with Crippen molar-refractivity contribution in [1.29, 1.82) is 0 Å². The third-order valence-corrected chi connectivity index (χ3v) is 3.81. The van der Waals surface area contributed by atoms with Crippen LogP contribution in [0.15, 0.2) is 41.6 Å². The zero-order valence-electron chi connectivity index (χ0n) is 12.0. The van der Waals surface area contributed by atoms with E-state index in [9.17, 15) is 0 Å². The van der Waals surface area contributed by atoms with Crippen molar-refractivity contribution >= 4 is 40.8 Å². The molecule has 0 amide bonds. The van der Waals surface area contributed by atoms with Crippen molar-refractivity contribution in [3.8, 4) is 0 Å². The van der Waals surface area contributed by atoms with Gasteiger partial charge in [-0.05, 0) is 24.6 Å². The SMILES string of the molecule is Cc1ccc(Cl)c(Nc2ccccc2CON=CCO)c1Cl. The zero-order chi connectivity index (χ0) is 15.9. The standard InChI is InChI=1S/C16H16Cl2N2O2/c1-11-6-7-13(17)16(15(11)18)20-14-5-3-2-4-12(14)10-22-19-8-9-21/h2-8,20-21H,9-10H2,1H3. The van der Waals surface area contributed by atoms with Gasteiger partial charge in [-0.1, -0.05) is 52.6 Å². The van der Waals surface area contributed by atoms with Crippen molar-refractivity contribution < 1.29 is 9.94 Å². The first-order valence-corrected chi connectivity index (χ1v) is 7.43. The maximum Gasteiger partial charge on any atom is 0.144 e. The van der Waals surface area contributed by atoms with Crippen LogP contribution in [0, 0.1) is 6.92 Å². The molecule has 6 heteroatoms. The molecule has 2 rings (SSSR count). The average Bonchev–Trinajstić information content (AvgIpc) is 2.53. The molecule has 0 atom stereocenters. The molecule has 0 aliphatic heterocycles. The van der Waals surface area contributed by atoms with Crippen molar-refractivity contribution in [2.75, 3.05) is 11.9 Å². The van der Waals surface area contributed by atoms with Gasteiger partial charge in [0.15, 0.2) is 0 Å². The number of rotatable bonds is 6. The second-order valence-electron chi connectivity index (χ2n) is 4.58. The van der Waals surface area contributed by atoms with Crippen LogP contribution in [0.1, 0.15) is 11.1 Å². The molecule has 0 spiro atoms. The normalized spacial score (nSPS) is 10.9. The van der Waals surface area contributed by atoms with Crippen LogP contribution < -0.4 is 5.32 Å². The molecule has 0 saturated carbocycles. The first-order valence-electron chi connectivity index (χ1n) is 6.67. The van der Waals surface area contributed by atoms with Crippen LogP contribution >= 0.6 is 23.2 Å². The highest BCUT2D eigenvalue weighted by molar-refractivity contribution is 6.39. The fourth-order valence-electron chi connectivity index (χ4n) is 1.87. The van der Waals surface area contributed by atoms with E-state index >= 15 is 0 Å². The Morgan fingerprint density at radius 3 is 2.77 bits per heavy atom. The molecule has 0 saturated heterocycles. The number of anilines is 2. The molecule has 2 aromatic carbocycles. The maximum atomic E-state index is 8.63. The minimum absolute atomic E-state index is 0.158. The molecule has 0 fully saturated rings. The van der Waals surface area contributed by atoms with Crippen LogP contribution in [0.4, 0.5) is 11.4 Å². The fourth-order valence-corrected chi connectivity index (χ4v) is 2.33. The number of nitrogens with one attached hydrogen (secondary N) is 1. The highest BCUT2D eigenvalue weighted by atomic mass is 35.5. The molecule has 0 aromatic heterocycles. The van der Waals surface area contributed by atoms with Crippen molar-refractivity contribution in [3.05, 3.63) is 57.6 Å². The van der Waals surface area contributed by atoms with Crippen LogP contribution in [-0.2, 0) is 11.4 Å². The van der Waals surface area contributed by atoms with Crippen LogP contribution in [0.3, 0.4) is 0 Å². The minimum atomic E-state index is -0.158. The lowest BCUT2D eigenvalue weighted by molar-refractivity contribution is 0.130. The predicted molar refractivity (Wildman–Crippen MR) is 91.3 cm³/mol. The van der Waals surface area contributed by atoms with Gasteiger partial charge in [0, 0.05) is 11.3 Å². The summed E-state index contributed by atoms with van der Waals surface area (Å²) in [7, 11) is 0. The van der Waals surface area contributed by atoms with Gasteiger partial charge in [-0.25, -0.2) is 0 Å². The Morgan fingerprint density at radius 1 is 1.23 bits per heavy atom. The average molecular weight is 339 g/mol. The molecule has 0 heterocycles. The number of para-hydroxylation sites is 1. The first-order chi connectivity index (χ1) is 10.6. The summed E-state index contributed by atoms with van der Waals surface area (Å²) in [5, 5.41) is 16.6. The summed E-state index contributed by atoms with van der Waals surface area (Å²) in [5.74, 6) is 0. The molecular weight excluding hydrogens is 323 g/mol. The van der Waals surface area contributed by atoms with Gasteiger partial charge in [0.1, 0.15) is 6.61 Å².